The van der Waals surface area contributed by atoms with E-state index in [0.717, 1.165) is 24.3 Å². The molecule has 11 nitrogen and oxygen atoms in total. The Morgan fingerprint density at radius 1 is 1.00 bits per heavy atom. The Morgan fingerprint density at radius 3 is 1.63 bits per heavy atom. The fraction of sp³-hybridized carbons (Fsp3) is 0. The molecule has 1 aromatic carbocycles. The number of nitrogens with zero attached hydrogens (tertiary/aromatic N) is 1. The first-order valence-electron chi connectivity index (χ1n) is 4.16. The van der Waals surface area contributed by atoms with Gasteiger partial charge in [-0.1, -0.05) is 0 Å². The molecule has 0 aliphatic rings. The number of phosphoric acid groups is 2. The number of phosphoric ester groups is 1. The van der Waals surface area contributed by atoms with E-state index in [9.17, 15) is 14.7 Å². The number of nitro benzene ring substituents is 1. The number of nitro groups is 1. The number of benzene rings is 1. The lowest BCUT2D eigenvalue weighted by molar-refractivity contribution is -0.384. The molecule has 1 aromatic rings. The smallest absolute Gasteiger partial charge is 0.404 e. The molecule has 0 saturated carbocycles. The van der Waals surface area contributed by atoms with Crippen LogP contribution in [0.2, 0.25) is 0 Å². The van der Waals surface area contributed by atoms with Gasteiger partial charge >= 0.3 is 15.6 Å². The fourth-order valence-electron chi connectivity index (χ4n) is 0.766. The normalized spacial score (nSPS) is 11.2. The minimum Gasteiger partial charge on any atom is -0.404 e. The van der Waals surface area contributed by atoms with Crippen LogP contribution in [0.5, 0.6) is 5.75 Å². The highest BCUT2D eigenvalue weighted by Crippen LogP contribution is 2.37. The Bertz CT molecular complexity index is 507. The Kier molecular flexibility index (Phi) is 6.27. The van der Waals surface area contributed by atoms with Crippen LogP contribution in [0.3, 0.4) is 0 Å². The molecule has 5 N–H and O–H groups in total. The summed E-state index contributed by atoms with van der Waals surface area (Å²) in [5.74, 6) is -0.121. The second-order valence-corrected chi connectivity index (χ2v) is 5.04. The van der Waals surface area contributed by atoms with Gasteiger partial charge in [-0.2, -0.15) is 0 Å². The van der Waals surface area contributed by atoms with Crippen molar-refractivity contribution in [3.8, 4) is 5.75 Å². The molecule has 0 aromatic heterocycles. The summed E-state index contributed by atoms with van der Waals surface area (Å²) in [4.78, 5) is 48.0. The zero-order chi connectivity index (χ0) is 15.3. The van der Waals surface area contributed by atoms with E-state index in [4.69, 9.17) is 29.0 Å². The number of non-ortho nitro benzene ring substituents is 1. The van der Waals surface area contributed by atoms with Crippen LogP contribution in [0.1, 0.15) is 0 Å². The quantitative estimate of drug-likeness (QED) is 0.291. The summed E-state index contributed by atoms with van der Waals surface area (Å²) in [6.45, 7) is 0. The van der Waals surface area contributed by atoms with Gasteiger partial charge in [0.15, 0.2) is 0 Å². The molecular weight excluding hydrogens is 308 g/mol. The van der Waals surface area contributed by atoms with E-state index >= 15 is 0 Å². The van der Waals surface area contributed by atoms with Gasteiger partial charge in [0.25, 0.3) is 5.69 Å². The molecule has 0 saturated heterocycles. The second-order valence-electron chi connectivity index (χ2n) is 2.85. The lowest BCUT2D eigenvalue weighted by Gasteiger charge is -2.05. The van der Waals surface area contributed by atoms with Gasteiger partial charge in [-0.3, -0.25) is 19.9 Å². The van der Waals surface area contributed by atoms with Crippen LogP contribution in [-0.2, 0) is 9.13 Å². The first-order valence-corrected chi connectivity index (χ1v) is 7.26. The summed E-state index contributed by atoms with van der Waals surface area (Å²) in [6.07, 6.45) is 0. The summed E-state index contributed by atoms with van der Waals surface area (Å²) in [6, 6.07) is 4.39. The minimum atomic E-state index is -4.64. The van der Waals surface area contributed by atoms with Crippen molar-refractivity contribution in [2.24, 2.45) is 0 Å². The molecule has 108 valence electrons. The molecule has 0 unspecified atom stereocenters. The molecular formula is C6H9NO10P2. The summed E-state index contributed by atoms with van der Waals surface area (Å²) in [7, 11) is -9.24. The summed E-state index contributed by atoms with van der Waals surface area (Å²) >= 11 is 0. The highest BCUT2D eigenvalue weighted by Gasteiger charge is 2.16. The average Bonchev–Trinajstić information content (AvgIpc) is 2.12. The zero-order valence-electron chi connectivity index (χ0n) is 8.93. The highest BCUT2D eigenvalue weighted by atomic mass is 31.2. The van der Waals surface area contributed by atoms with Crippen LogP contribution in [0.4, 0.5) is 5.69 Å². The fourth-order valence-corrected chi connectivity index (χ4v) is 1.16. The van der Waals surface area contributed by atoms with Gasteiger partial charge in [-0.15, -0.1) is 0 Å². The predicted molar refractivity (Wildman–Crippen MR) is 60.0 cm³/mol. The average molecular weight is 317 g/mol. The van der Waals surface area contributed by atoms with E-state index in [1.807, 2.05) is 0 Å². The summed E-state index contributed by atoms with van der Waals surface area (Å²) in [5, 5.41) is 10.2. The van der Waals surface area contributed by atoms with E-state index in [-0.39, 0.29) is 11.4 Å². The van der Waals surface area contributed by atoms with Gasteiger partial charge < -0.3 is 19.2 Å². The van der Waals surface area contributed by atoms with Crippen molar-refractivity contribution < 1.29 is 43.0 Å². The second kappa shape index (κ2) is 6.73. The molecule has 0 atom stereocenters. The maximum atomic E-state index is 10.4. The Labute approximate surface area is 105 Å². The summed E-state index contributed by atoms with van der Waals surface area (Å²) in [5.41, 5.74) is -0.178. The van der Waals surface area contributed by atoms with Crippen molar-refractivity contribution in [2.75, 3.05) is 0 Å². The van der Waals surface area contributed by atoms with E-state index in [1.54, 1.807) is 0 Å². The molecule has 0 amide bonds. The van der Waals surface area contributed by atoms with Crippen LogP contribution >= 0.6 is 15.6 Å². The first-order chi connectivity index (χ1) is 8.38. The number of hydrogen-bond donors (Lipinski definition) is 5. The first kappa shape index (κ1) is 17.7. The van der Waals surface area contributed by atoms with Crippen molar-refractivity contribution in [3.05, 3.63) is 34.4 Å². The Morgan fingerprint density at radius 2 is 1.37 bits per heavy atom. The van der Waals surface area contributed by atoms with Crippen molar-refractivity contribution in [1.29, 1.82) is 0 Å². The minimum absolute atomic E-state index is 0.121. The Hall–Kier alpha value is -1.32. The molecule has 1 rings (SSSR count). The molecule has 0 fully saturated rings. The van der Waals surface area contributed by atoms with Gasteiger partial charge in [0, 0.05) is 12.1 Å². The molecule has 0 bridgehead atoms. The molecule has 0 spiro atoms. The van der Waals surface area contributed by atoms with Crippen LogP contribution in [0, 0.1) is 10.1 Å². The molecule has 13 heteroatoms. The van der Waals surface area contributed by atoms with E-state index in [1.165, 1.54) is 0 Å². The van der Waals surface area contributed by atoms with E-state index in [2.05, 4.69) is 4.52 Å². The van der Waals surface area contributed by atoms with Crippen LogP contribution in [0.25, 0.3) is 0 Å². The Balaban J connectivity index is 0.000000555. The topological polar surface area (TPSA) is 188 Å². The summed E-state index contributed by atoms with van der Waals surface area (Å²) < 4.78 is 23.4. The number of hydrogen-bond acceptors (Lipinski definition) is 5. The lowest BCUT2D eigenvalue weighted by atomic mass is 10.3. The van der Waals surface area contributed by atoms with Crippen molar-refractivity contribution in [1.82, 2.24) is 0 Å². The molecule has 0 aliphatic heterocycles. The monoisotopic (exact) mass is 317 g/mol. The van der Waals surface area contributed by atoms with Crippen molar-refractivity contribution in [2.45, 2.75) is 0 Å². The van der Waals surface area contributed by atoms with Gasteiger partial charge in [0.2, 0.25) is 0 Å². The van der Waals surface area contributed by atoms with Crippen molar-refractivity contribution in [3.63, 3.8) is 0 Å². The third kappa shape index (κ3) is 11.5. The van der Waals surface area contributed by atoms with E-state index in [0.29, 0.717) is 0 Å². The van der Waals surface area contributed by atoms with Crippen LogP contribution < -0.4 is 4.52 Å². The molecule has 0 radical (unpaired) electrons. The maximum Gasteiger partial charge on any atom is 0.524 e. The van der Waals surface area contributed by atoms with Crippen molar-refractivity contribution >= 4 is 21.3 Å². The van der Waals surface area contributed by atoms with Crippen LogP contribution in [0.15, 0.2) is 24.3 Å². The molecule has 19 heavy (non-hydrogen) atoms. The molecule has 0 aliphatic carbocycles. The SMILES string of the molecule is O=P(O)(O)O.O=[N+]([O-])c1ccc(OP(=O)(O)O)cc1. The highest BCUT2D eigenvalue weighted by molar-refractivity contribution is 7.46. The van der Waals surface area contributed by atoms with Gasteiger partial charge in [-0.05, 0) is 12.1 Å². The third-order valence-corrected chi connectivity index (χ3v) is 1.72. The zero-order valence-corrected chi connectivity index (χ0v) is 10.7. The lowest BCUT2D eigenvalue weighted by Crippen LogP contribution is -1.91. The molecule has 0 heterocycles. The predicted octanol–water partition coefficient (Wildman–Crippen LogP) is 0.138. The maximum absolute atomic E-state index is 10.4. The van der Waals surface area contributed by atoms with Gasteiger partial charge in [0.1, 0.15) is 5.75 Å². The largest absolute Gasteiger partial charge is 0.524 e. The van der Waals surface area contributed by atoms with Crippen LogP contribution in [-0.4, -0.2) is 29.4 Å². The standard InChI is InChI=1S/C6H6NO6P.H3O4P/c8-7(9)5-1-3-6(4-2-5)13-14(10,11)12;1-5(2,3)4/h1-4H,(H2,10,11,12);(H3,1,2,3,4). The number of rotatable bonds is 3. The van der Waals surface area contributed by atoms with Gasteiger partial charge in [0.05, 0.1) is 4.92 Å². The third-order valence-electron chi connectivity index (χ3n) is 1.27. The van der Waals surface area contributed by atoms with E-state index < -0.39 is 20.6 Å². The van der Waals surface area contributed by atoms with Gasteiger partial charge in [-0.25, -0.2) is 9.13 Å².